The highest BCUT2D eigenvalue weighted by molar-refractivity contribution is 5.43. The minimum atomic E-state index is -0.316. The van der Waals surface area contributed by atoms with Crippen LogP contribution in [0.5, 0.6) is 11.5 Å². The van der Waals surface area contributed by atoms with Gasteiger partial charge in [0.05, 0.1) is 13.7 Å². The van der Waals surface area contributed by atoms with Gasteiger partial charge in [-0.1, -0.05) is 6.07 Å². The van der Waals surface area contributed by atoms with Crippen LogP contribution in [0.4, 0.5) is 0 Å². The van der Waals surface area contributed by atoms with E-state index in [9.17, 15) is 5.11 Å². The van der Waals surface area contributed by atoms with Gasteiger partial charge in [-0.05, 0) is 49.2 Å². The topological polar surface area (TPSA) is 63.6 Å². The summed E-state index contributed by atoms with van der Waals surface area (Å²) in [6.45, 7) is 5.10. The van der Waals surface area contributed by atoms with Crippen LogP contribution in [0.15, 0.2) is 42.7 Å². The highest BCUT2D eigenvalue weighted by Crippen LogP contribution is 2.29. The molecule has 23 heavy (non-hydrogen) atoms. The Morgan fingerprint density at radius 2 is 1.83 bits per heavy atom. The Morgan fingerprint density at radius 3 is 2.48 bits per heavy atom. The molecule has 0 unspecified atom stereocenters. The summed E-state index contributed by atoms with van der Waals surface area (Å²) in [6.07, 6.45) is 3.49. The Kier molecular flexibility index (Phi) is 5.96. The quantitative estimate of drug-likeness (QED) is 0.783. The van der Waals surface area contributed by atoms with E-state index in [-0.39, 0.29) is 12.1 Å². The Bertz CT molecular complexity index is 615. The van der Waals surface area contributed by atoms with Gasteiger partial charge in [0.15, 0.2) is 11.5 Å². The van der Waals surface area contributed by atoms with Crippen molar-refractivity contribution >= 4 is 0 Å². The molecule has 0 aliphatic carbocycles. The summed E-state index contributed by atoms with van der Waals surface area (Å²) < 4.78 is 11.2. The van der Waals surface area contributed by atoms with Crippen LogP contribution in [0.2, 0.25) is 0 Å². The van der Waals surface area contributed by atoms with Gasteiger partial charge in [-0.15, -0.1) is 0 Å². The molecule has 0 bridgehead atoms. The van der Waals surface area contributed by atoms with E-state index >= 15 is 0 Å². The second kappa shape index (κ2) is 7.94. The lowest BCUT2D eigenvalue weighted by molar-refractivity contribution is 0.187. The standard InChI is InChI=1S/C18H24N2O3/c1-18(2,13-21)20-11-15-4-5-16(17(10-15)22-3)23-12-14-6-8-19-9-7-14/h4-10,20-21H,11-13H2,1-3H3. The summed E-state index contributed by atoms with van der Waals surface area (Å²) in [6, 6.07) is 9.68. The molecule has 0 spiro atoms. The molecular formula is C18H24N2O3. The summed E-state index contributed by atoms with van der Waals surface area (Å²) in [7, 11) is 1.63. The second-order valence-electron chi connectivity index (χ2n) is 6.02. The largest absolute Gasteiger partial charge is 0.493 e. The zero-order valence-electron chi connectivity index (χ0n) is 13.9. The van der Waals surface area contributed by atoms with Crippen LogP contribution in [0.3, 0.4) is 0 Å². The number of hydrogen-bond donors (Lipinski definition) is 2. The zero-order valence-corrected chi connectivity index (χ0v) is 13.9. The Balaban J connectivity index is 2.01. The van der Waals surface area contributed by atoms with Crippen molar-refractivity contribution in [2.24, 2.45) is 0 Å². The molecule has 124 valence electrons. The number of aliphatic hydroxyl groups excluding tert-OH is 1. The van der Waals surface area contributed by atoms with Crippen molar-refractivity contribution in [3.63, 3.8) is 0 Å². The van der Waals surface area contributed by atoms with Gasteiger partial charge >= 0.3 is 0 Å². The van der Waals surface area contributed by atoms with E-state index < -0.39 is 0 Å². The number of hydrogen-bond acceptors (Lipinski definition) is 5. The van der Waals surface area contributed by atoms with E-state index in [0.717, 1.165) is 11.1 Å². The molecule has 5 nitrogen and oxygen atoms in total. The molecule has 2 aromatic rings. The second-order valence-corrected chi connectivity index (χ2v) is 6.02. The number of ether oxygens (including phenoxy) is 2. The summed E-state index contributed by atoms with van der Waals surface area (Å²) in [4.78, 5) is 3.99. The lowest BCUT2D eigenvalue weighted by Crippen LogP contribution is -2.42. The van der Waals surface area contributed by atoms with Crippen LogP contribution in [0.25, 0.3) is 0 Å². The third-order valence-corrected chi connectivity index (χ3v) is 3.54. The first-order valence-electron chi connectivity index (χ1n) is 7.58. The van der Waals surface area contributed by atoms with E-state index in [1.165, 1.54) is 0 Å². The number of nitrogens with zero attached hydrogens (tertiary/aromatic N) is 1. The summed E-state index contributed by atoms with van der Waals surface area (Å²) in [5.41, 5.74) is 1.81. The summed E-state index contributed by atoms with van der Waals surface area (Å²) in [5.74, 6) is 1.40. The van der Waals surface area contributed by atoms with Gasteiger partial charge in [0.2, 0.25) is 0 Å². The molecule has 5 heteroatoms. The van der Waals surface area contributed by atoms with E-state index in [4.69, 9.17) is 9.47 Å². The van der Waals surface area contributed by atoms with Crippen LogP contribution in [-0.2, 0) is 13.2 Å². The molecule has 0 radical (unpaired) electrons. The number of rotatable bonds is 8. The predicted octanol–water partition coefficient (Wildman–Crippen LogP) is 2.53. The highest BCUT2D eigenvalue weighted by Gasteiger charge is 2.15. The molecule has 2 N–H and O–H groups in total. The molecule has 0 saturated heterocycles. The maximum Gasteiger partial charge on any atom is 0.161 e. The lowest BCUT2D eigenvalue weighted by Gasteiger charge is -2.23. The number of aliphatic hydroxyl groups is 1. The molecule has 1 aromatic heterocycles. The molecule has 0 atom stereocenters. The Hall–Kier alpha value is -2.11. The first kappa shape index (κ1) is 17.2. The maximum atomic E-state index is 9.28. The van der Waals surface area contributed by atoms with Crippen LogP contribution in [-0.4, -0.2) is 29.3 Å². The van der Waals surface area contributed by atoms with Crippen LogP contribution >= 0.6 is 0 Å². The van der Waals surface area contributed by atoms with Crippen LogP contribution in [0, 0.1) is 0 Å². The van der Waals surface area contributed by atoms with Gasteiger partial charge in [-0.3, -0.25) is 4.98 Å². The normalized spacial score (nSPS) is 11.3. The molecular weight excluding hydrogens is 292 g/mol. The fraction of sp³-hybridized carbons (Fsp3) is 0.389. The monoisotopic (exact) mass is 316 g/mol. The summed E-state index contributed by atoms with van der Waals surface area (Å²) in [5, 5.41) is 12.6. The van der Waals surface area contributed by atoms with Gasteiger partial charge in [0.25, 0.3) is 0 Å². The molecule has 1 aromatic carbocycles. The van der Waals surface area contributed by atoms with Gasteiger partial charge in [0.1, 0.15) is 6.61 Å². The SMILES string of the molecule is COc1cc(CNC(C)(C)CO)ccc1OCc1ccncc1. The van der Waals surface area contributed by atoms with E-state index in [2.05, 4.69) is 10.3 Å². The van der Waals surface area contributed by atoms with Crippen molar-refractivity contribution in [1.29, 1.82) is 0 Å². The average Bonchev–Trinajstić information content (AvgIpc) is 2.59. The van der Waals surface area contributed by atoms with Gasteiger partial charge in [-0.25, -0.2) is 0 Å². The molecule has 0 amide bonds. The minimum absolute atomic E-state index is 0.0806. The average molecular weight is 316 g/mol. The molecule has 0 aliphatic rings. The third kappa shape index (κ3) is 5.23. The summed E-state index contributed by atoms with van der Waals surface area (Å²) >= 11 is 0. The van der Waals surface area contributed by atoms with Gasteiger partial charge in [-0.2, -0.15) is 0 Å². The van der Waals surface area contributed by atoms with E-state index in [0.29, 0.717) is 24.7 Å². The minimum Gasteiger partial charge on any atom is -0.493 e. The fourth-order valence-electron chi connectivity index (χ4n) is 1.98. The number of pyridine rings is 1. The Morgan fingerprint density at radius 1 is 1.09 bits per heavy atom. The van der Waals surface area contributed by atoms with Crippen LogP contribution < -0.4 is 14.8 Å². The molecule has 2 rings (SSSR count). The predicted molar refractivity (Wildman–Crippen MR) is 89.6 cm³/mol. The fourth-order valence-corrected chi connectivity index (χ4v) is 1.98. The smallest absolute Gasteiger partial charge is 0.161 e. The zero-order chi connectivity index (χ0) is 16.7. The number of methoxy groups -OCH3 is 1. The van der Waals surface area contributed by atoms with Crippen LogP contribution in [0.1, 0.15) is 25.0 Å². The van der Waals surface area contributed by atoms with Crippen molar-refractivity contribution in [2.45, 2.75) is 32.5 Å². The highest BCUT2D eigenvalue weighted by atomic mass is 16.5. The van der Waals surface area contributed by atoms with Crippen molar-refractivity contribution in [3.8, 4) is 11.5 Å². The molecule has 0 aliphatic heterocycles. The van der Waals surface area contributed by atoms with Crippen molar-refractivity contribution in [2.75, 3.05) is 13.7 Å². The number of nitrogens with one attached hydrogen (secondary N) is 1. The van der Waals surface area contributed by atoms with Gasteiger partial charge < -0.3 is 19.9 Å². The van der Waals surface area contributed by atoms with Crippen molar-refractivity contribution in [3.05, 3.63) is 53.9 Å². The first-order valence-corrected chi connectivity index (χ1v) is 7.58. The first-order chi connectivity index (χ1) is 11.0. The van der Waals surface area contributed by atoms with Crippen molar-refractivity contribution in [1.82, 2.24) is 10.3 Å². The van der Waals surface area contributed by atoms with Gasteiger partial charge in [0, 0.05) is 24.5 Å². The van der Waals surface area contributed by atoms with Crippen molar-refractivity contribution < 1.29 is 14.6 Å². The third-order valence-electron chi connectivity index (χ3n) is 3.54. The van der Waals surface area contributed by atoms with E-state index in [1.807, 2.05) is 44.2 Å². The molecule has 0 fully saturated rings. The lowest BCUT2D eigenvalue weighted by atomic mass is 10.1. The molecule has 0 saturated carbocycles. The Labute approximate surface area is 137 Å². The molecule has 1 heterocycles. The number of benzene rings is 1. The van der Waals surface area contributed by atoms with E-state index in [1.54, 1.807) is 19.5 Å². The maximum absolute atomic E-state index is 9.28. The number of aromatic nitrogens is 1.